The van der Waals surface area contributed by atoms with Gasteiger partial charge in [0.2, 0.25) is 0 Å². The van der Waals surface area contributed by atoms with Gasteiger partial charge >= 0.3 is 0 Å². The van der Waals surface area contributed by atoms with Crippen molar-refractivity contribution >= 4 is 53.4 Å². The first-order valence-electron chi connectivity index (χ1n) is 10.4. The number of hydrogen-bond acceptors (Lipinski definition) is 8. The van der Waals surface area contributed by atoms with E-state index in [1.54, 1.807) is 22.7 Å². The molecule has 154 valence electrons. The summed E-state index contributed by atoms with van der Waals surface area (Å²) in [5.74, 6) is 0. The Morgan fingerprint density at radius 3 is 1.97 bits per heavy atom. The average molecular weight is 438 g/mol. The van der Waals surface area contributed by atoms with Crippen molar-refractivity contribution in [2.75, 3.05) is 43.0 Å². The Balaban J connectivity index is 1.32. The number of rotatable bonds is 4. The monoisotopic (exact) mass is 437 g/mol. The first kappa shape index (κ1) is 18.5. The van der Waals surface area contributed by atoms with Crippen LogP contribution in [0.2, 0.25) is 0 Å². The summed E-state index contributed by atoms with van der Waals surface area (Å²) in [4.78, 5) is 17.0. The van der Waals surface area contributed by atoms with Gasteiger partial charge in [-0.25, -0.2) is 9.97 Å². The van der Waals surface area contributed by atoms with Gasteiger partial charge in [-0.3, -0.25) is 4.90 Å². The van der Waals surface area contributed by atoms with Crippen LogP contribution < -0.4 is 9.80 Å². The minimum atomic E-state index is 0.331. The molecule has 0 saturated carbocycles. The van der Waals surface area contributed by atoms with Crippen molar-refractivity contribution < 1.29 is 4.74 Å². The maximum Gasteiger partial charge on any atom is 0.188 e. The van der Waals surface area contributed by atoms with Crippen molar-refractivity contribution in [1.82, 2.24) is 14.9 Å². The fourth-order valence-corrected chi connectivity index (χ4v) is 6.15. The molecule has 6 rings (SSSR count). The average Bonchev–Trinajstić information content (AvgIpc) is 3.52. The molecule has 4 heterocycles. The number of fused-ring (bicyclic) bond motifs is 2. The number of hydrogen-bond donors (Lipinski definition) is 0. The lowest BCUT2D eigenvalue weighted by atomic mass is 10.2. The zero-order valence-electron chi connectivity index (χ0n) is 16.6. The van der Waals surface area contributed by atoms with Gasteiger partial charge in [-0.2, -0.15) is 0 Å². The number of anilines is 2. The van der Waals surface area contributed by atoms with E-state index in [4.69, 9.17) is 14.7 Å². The molecule has 0 radical (unpaired) electrons. The zero-order valence-corrected chi connectivity index (χ0v) is 18.2. The summed E-state index contributed by atoms with van der Waals surface area (Å²) < 4.78 is 8.39. The number of nitrogens with zero attached hydrogens (tertiary/aromatic N) is 5. The van der Waals surface area contributed by atoms with E-state index in [2.05, 4.69) is 63.2 Å². The molecule has 0 spiro atoms. The Labute approximate surface area is 183 Å². The Morgan fingerprint density at radius 2 is 1.43 bits per heavy atom. The van der Waals surface area contributed by atoms with Crippen LogP contribution in [0.3, 0.4) is 0 Å². The molecule has 0 unspecified atom stereocenters. The van der Waals surface area contributed by atoms with Crippen molar-refractivity contribution in [3.63, 3.8) is 0 Å². The van der Waals surface area contributed by atoms with Crippen LogP contribution >= 0.6 is 22.7 Å². The maximum atomic E-state index is 5.93. The molecule has 0 amide bonds. The molecule has 8 heteroatoms. The van der Waals surface area contributed by atoms with Crippen LogP contribution in [-0.4, -0.2) is 54.1 Å². The maximum absolute atomic E-state index is 5.93. The normalized spacial score (nSPS) is 20.6. The first-order valence-corrected chi connectivity index (χ1v) is 12.0. The third kappa shape index (κ3) is 3.54. The number of para-hydroxylation sites is 2. The summed E-state index contributed by atoms with van der Waals surface area (Å²) in [6.07, 6.45) is 2.65. The van der Waals surface area contributed by atoms with Gasteiger partial charge in [0, 0.05) is 13.2 Å². The predicted molar refractivity (Wildman–Crippen MR) is 124 cm³/mol. The summed E-state index contributed by atoms with van der Waals surface area (Å²) in [7, 11) is 0. The smallest absolute Gasteiger partial charge is 0.188 e. The minimum absolute atomic E-state index is 0.331. The molecule has 2 aliphatic heterocycles. The van der Waals surface area contributed by atoms with E-state index in [1.165, 1.54) is 15.8 Å². The van der Waals surface area contributed by atoms with Crippen molar-refractivity contribution in [1.29, 1.82) is 0 Å². The van der Waals surface area contributed by atoms with Crippen molar-refractivity contribution in [3.8, 4) is 0 Å². The Bertz CT molecular complexity index is 1020. The van der Waals surface area contributed by atoms with E-state index in [0.717, 1.165) is 60.9 Å². The van der Waals surface area contributed by atoms with Gasteiger partial charge in [0.15, 0.2) is 10.3 Å². The van der Waals surface area contributed by atoms with Gasteiger partial charge in [0.05, 0.1) is 46.5 Å². The van der Waals surface area contributed by atoms with Crippen molar-refractivity contribution in [2.24, 2.45) is 0 Å². The molecule has 30 heavy (non-hydrogen) atoms. The molecule has 0 aliphatic carbocycles. The lowest BCUT2D eigenvalue weighted by Crippen LogP contribution is -2.56. The molecule has 6 nitrogen and oxygen atoms in total. The highest BCUT2D eigenvalue weighted by Gasteiger charge is 2.30. The molecule has 2 aliphatic rings. The van der Waals surface area contributed by atoms with Crippen molar-refractivity contribution in [3.05, 3.63) is 48.5 Å². The van der Waals surface area contributed by atoms with Crippen LogP contribution in [0.15, 0.2) is 48.5 Å². The highest BCUT2D eigenvalue weighted by atomic mass is 32.1. The largest absolute Gasteiger partial charge is 0.377 e. The zero-order chi connectivity index (χ0) is 19.9. The van der Waals surface area contributed by atoms with Crippen LogP contribution in [0.1, 0.15) is 12.8 Å². The van der Waals surface area contributed by atoms with E-state index in [1.807, 2.05) is 0 Å². The highest BCUT2D eigenvalue weighted by Crippen LogP contribution is 2.34. The van der Waals surface area contributed by atoms with E-state index in [-0.39, 0.29) is 0 Å². The fourth-order valence-electron chi connectivity index (χ4n) is 4.25. The number of ether oxygens (including phenoxy) is 1. The van der Waals surface area contributed by atoms with Crippen molar-refractivity contribution in [2.45, 2.75) is 18.9 Å². The minimum Gasteiger partial charge on any atom is -0.377 e. The molecule has 2 aromatic heterocycles. The van der Waals surface area contributed by atoms with Crippen LogP contribution in [0, 0.1) is 0 Å². The molecule has 0 N–H and O–H groups in total. The lowest BCUT2D eigenvalue weighted by molar-refractivity contribution is 0.0689. The van der Waals surface area contributed by atoms with Crippen LogP contribution in [0.4, 0.5) is 10.3 Å². The molecule has 1 atom stereocenters. The topological polar surface area (TPSA) is 44.7 Å². The third-order valence-electron chi connectivity index (χ3n) is 5.67. The molecular formula is C22H23N5OS2. The van der Waals surface area contributed by atoms with Crippen LogP contribution in [0.5, 0.6) is 0 Å². The number of benzene rings is 2. The SMILES string of the molecule is c1ccc2sc(N3CN(C[C@H]4CCCO4)CN(c4nc5ccccc5s4)C3)nc2c1. The van der Waals surface area contributed by atoms with Gasteiger partial charge < -0.3 is 14.5 Å². The lowest BCUT2D eigenvalue weighted by Gasteiger charge is -2.42. The van der Waals surface area contributed by atoms with Crippen LogP contribution in [0.25, 0.3) is 20.4 Å². The second kappa shape index (κ2) is 7.77. The Morgan fingerprint density at radius 1 is 0.833 bits per heavy atom. The van der Waals surface area contributed by atoms with Gasteiger partial charge in [0.25, 0.3) is 0 Å². The van der Waals surface area contributed by atoms with Gasteiger partial charge in [-0.05, 0) is 37.1 Å². The fraction of sp³-hybridized carbons (Fsp3) is 0.364. The van der Waals surface area contributed by atoms with Crippen LogP contribution in [-0.2, 0) is 4.74 Å². The second-order valence-electron chi connectivity index (χ2n) is 7.92. The summed E-state index contributed by atoms with van der Waals surface area (Å²) in [6.45, 7) is 4.36. The van der Waals surface area contributed by atoms with Gasteiger partial charge in [-0.15, -0.1) is 0 Å². The highest BCUT2D eigenvalue weighted by molar-refractivity contribution is 7.22. The number of aromatic nitrogens is 2. The van der Waals surface area contributed by atoms with E-state index in [0.29, 0.717) is 6.10 Å². The van der Waals surface area contributed by atoms with E-state index in [9.17, 15) is 0 Å². The summed E-state index contributed by atoms with van der Waals surface area (Å²) in [5.41, 5.74) is 2.14. The van der Waals surface area contributed by atoms with Gasteiger partial charge in [0.1, 0.15) is 0 Å². The quantitative estimate of drug-likeness (QED) is 0.465. The summed E-state index contributed by atoms with van der Waals surface area (Å²) >= 11 is 3.53. The molecule has 4 aromatic rings. The predicted octanol–water partition coefficient (Wildman–Crippen LogP) is 4.59. The standard InChI is InChI=1S/C22H23N5OS2/c1-3-9-19-17(7-1)23-21(29-19)26-13-25(12-16-6-5-11-28-16)14-27(15-26)22-24-18-8-2-4-10-20(18)30-22/h1-4,7-10,16H,5-6,11-15H2/t16-/m1/s1. The van der Waals surface area contributed by atoms with E-state index < -0.39 is 0 Å². The molecule has 2 fully saturated rings. The van der Waals surface area contributed by atoms with Gasteiger partial charge in [-0.1, -0.05) is 46.9 Å². The molecular weight excluding hydrogens is 414 g/mol. The first-order chi connectivity index (χ1) is 14.8. The third-order valence-corrected chi connectivity index (χ3v) is 7.87. The Hall–Kier alpha value is -2.26. The number of thiazole rings is 2. The molecule has 0 bridgehead atoms. The Kier molecular flexibility index (Phi) is 4.79. The van der Waals surface area contributed by atoms with E-state index >= 15 is 0 Å². The summed E-state index contributed by atoms with van der Waals surface area (Å²) in [5, 5.41) is 2.14. The molecule has 2 aromatic carbocycles. The molecule has 2 saturated heterocycles. The second-order valence-corrected chi connectivity index (χ2v) is 9.94. The summed E-state index contributed by atoms with van der Waals surface area (Å²) in [6, 6.07) is 16.8.